The first kappa shape index (κ1) is 23.2. The zero-order chi connectivity index (χ0) is 25.2. The first-order valence-corrected chi connectivity index (χ1v) is 11.7. The van der Waals surface area contributed by atoms with E-state index in [9.17, 15) is 4.39 Å². The molecule has 3 N–H and O–H groups in total. The Balaban J connectivity index is 1.57. The van der Waals surface area contributed by atoms with Crippen molar-refractivity contribution in [1.82, 2.24) is 30.1 Å². The van der Waals surface area contributed by atoms with E-state index in [4.69, 9.17) is 9.97 Å². The highest BCUT2D eigenvalue weighted by Crippen LogP contribution is 2.31. The largest absolute Gasteiger partial charge is 0.382 e. The summed E-state index contributed by atoms with van der Waals surface area (Å²) in [6, 6.07) is 12.6. The van der Waals surface area contributed by atoms with Crippen LogP contribution in [0, 0.1) is 12.7 Å². The van der Waals surface area contributed by atoms with Gasteiger partial charge in [-0.05, 0) is 56.7 Å². The molecule has 5 aromatic rings. The zero-order valence-corrected chi connectivity index (χ0v) is 20.3. The molecule has 0 radical (unpaired) electrons. The first-order valence-electron chi connectivity index (χ1n) is 11.7. The molecule has 0 aliphatic rings. The molecule has 0 saturated heterocycles. The second-order valence-corrected chi connectivity index (χ2v) is 8.81. The highest BCUT2D eigenvalue weighted by atomic mass is 19.1. The molecule has 8 heteroatoms. The third kappa shape index (κ3) is 4.53. The normalized spacial score (nSPS) is 11.9. The predicted molar refractivity (Wildman–Crippen MR) is 142 cm³/mol. The number of pyridine rings is 2. The standard InChI is InChI=1S/C28H26FN7/c1-5-7-22(18-8-6-9-20(29)12-18)25-17(4)32-28(34-25)27-26-24(35-36-27)11-10-23(33-26)19-13-21(15-30-14-19)31-16(2)3/h5-16,31H,1H2,2-4H3,(H,32,34)(H,35,36)/b22-7-. The van der Waals surface area contributed by atoms with E-state index in [1.54, 1.807) is 24.5 Å². The van der Waals surface area contributed by atoms with Crippen molar-refractivity contribution in [1.29, 1.82) is 0 Å². The molecule has 0 atom stereocenters. The van der Waals surface area contributed by atoms with Crippen molar-refractivity contribution in [3.05, 3.63) is 96.4 Å². The van der Waals surface area contributed by atoms with Crippen LogP contribution in [0.1, 0.15) is 30.8 Å². The summed E-state index contributed by atoms with van der Waals surface area (Å²) < 4.78 is 13.9. The number of aryl methyl sites for hydroxylation is 1. The zero-order valence-electron chi connectivity index (χ0n) is 20.3. The summed E-state index contributed by atoms with van der Waals surface area (Å²) >= 11 is 0. The van der Waals surface area contributed by atoms with Gasteiger partial charge in [-0.25, -0.2) is 14.4 Å². The summed E-state index contributed by atoms with van der Waals surface area (Å²) in [7, 11) is 0. The lowest BCUT2D eigenvalue weighted by Crippen LogP contribution is -2.09. The molecule has 180 valence electrons. The molecular weight excluding hydrogens is 453 g/mol. The number of imidazole rings is 1. The van der Waals surface area contributed by atoms with Crippen LogP contribution in [0.5, 0.6) is 0 Å². The van der Waals surface area contributed by atoms with Crippen molar-refractivity contribution in [2.45, 2.75) is 26.8 Å². The topological polar surface area (TPSA) is 95.2 Å². The average molecular weight is 480 g/mol. The van der Waals surface area contributed by atoms with Crippen LogP contribution in [-0.2, 0) is 0 Å². The van der Waals surface area contributed by atoms with E-state index >= 15 is 0 Å². The molecule has 0 aliphatic carbocycles. The average Bonchev–Trinajstić information content (AvgIpc) is 3.45. The molecule has 0 bridgehead atoms. The number of anilines is 1. The lowest BCUT2D eigenvalue weighted by atomic mass is 10.0. The van der Waals surface area contributed by atoms with Gasteiger partial charge in [-0.1, -0.05) is 30.9 Å². The Morgan fingerprint density at radius 1 is 1.11 bits per heavy atom. The number of halogens is 1. The summed E-state index contributed by atoms with van der Waals surface area (Å²) in [5.41, 5.74) is 7.68. The third-order valence-corrected chi connectivity index (χ3v) is 5.68. The van der Waals surface area contributed by atoms with Crippen LogP contribution in [0.3, 0.4) is 0 Å². The van der Waals surface area contributed by atoms with Gasteiger partial charge in [0.1, 0.15) is 11.3 Å². The van der Waals surface area contributed by atoms with E-state index in [1.807, 2.05) is 37.3 Å². The Morgan fingerprint density at radius 2 is 1.97 bits per heavy atom. The molecule has 0 aliphatic heterocycles. The lowest BCUT2D eigenvalue weighted by Gasteiger charge is -2.10. The maximum Gasteiger partial charge on any atom is 0.161 e. The molecule has 4 aromatic heterocycles. The molecule has 0 saturated carbocycles. The van der Waals surface area contributed by atoms with Gasteiger partial charge in [0.15, 0.2) is 11.5 Å². The van der Waals surface area contributed by atoms with Gasteiger partial charge < -0.3 is 10.3 Å². The summed E-state index contributed by atoms with van der Waals surface area (Å²) in [5, 5.41) is 10.9. The number of allylic oxidation sites excluding steroid dienone is 2. The van der Waals surface area contributed by atoms with Gasteiger partial charge in [0.05, 0.1) is 22.6 Å². The van der Waals surface area contributed by atoms with Crippen molar-refractivity contribution in [3.63, 3.8) is 0 Å². The van der Waals surface area contributed by atoms with Crippen molar-refractivity contribution in [2.24, 2.45) is 0 Å². The Labute approximate surface area is 208 Å². The number of nitrogens with zero attached hydrogens (tertiary/aromatic N) is 4. The van der Waals surface area contributed by atoms with E-state index in [-0.39, 0.29) is 5.82 Å². The summed E-state index contributed by atoms with van der Waals surface area (Å²) in [6.07, 6.45) is 7.08. The van der Waals surface area contributed by atoms with Crippen LogP contribution < -0.4 is 5.32 Å². The van der Waals surface area contributed by atoms with Crippen LogP contribution in [0.15, 0.2) is 73.6 Å². The van der Waals surface area contributed by atoms with Gasteiger partial charge in [-0.15, -0.1) is 0 Å². The molecule has 7 nitrogen and oxygen atoms in total. The van der Waals surface area contributed by atoms with Gasteiger partial charge in [0, 0.05) is 35.3 Å². The number of aromatic amines is 2. The van der Waals surface area contributed by atoms with Crippen LogP contribution >= 0.6 is 0 Å². The molecule has 1 aromatic carbocycles. The van der Waals surface area contributed by atoms with E-state index < -0.39 is 0 Å². The number of hydrogen-bond acceptors (Lipinski definition) is 5. The Morgan fingerprint density at radius 3 is 2.75 bits per heavy atom. The van der Waals surface area contributed by atoms with Gasteiger partial charge in [-0.2, -0.15) is 5.10 Å². The number of H-pyrrole nitrogens is 2. The minimum atomic E-state index is -0.312. The van der Waals surface area contributed by atoms with Crippen LogP contribution in [-0.4, -0.2) is 36.2 Å². The fraction of sp³-hybridized carbons (Fsp3) is 0.143. The Hall–Kier alpha value is -4.59. The molecule has 5 rings (SSSR count). The molecule has 36 heavy (non-hydrogen) atoms. The van der Waals surface area contributed by atoms with Crippen LogP contribution in [0.2, 0.25) is 0 Å². The number of nitrogens with one attached hydrogen (secondary N) is 3. The number of rotatable bonds is 7. The minimum Gasteiger partial charge on any atom is -0.382 e. The van der Waals surface area contributed by atoms with Crippen LogP contribution in [0.25, 0.3) is 39.4 Å². The SMILES string of the molecule is C=C/C=C(/c1cccc(F)c1)c1nc(-c2n[nH]c3ccc(-c4cncc(NC(C)C)c4)nc23)[nH]c1C. The Bertz CT molecular complexity index is 1590. The smallest absolute Gasteiger partial charge is 0.161 e. The Kier molecular flexibility index (Phi) is 6.16. The second kappa shape index (κ2) is 9.58. The summed E-state index contributed by atoms with van der Waals surface area (Å²) in [6.45, 7) is 9.91. The number of hydrogen-bond donors (Lipinski definition) is 3. The molecule has 0 unspecified atom stereocenters. The number of aromatic nitrogens is 6. The third-order valence-electron chi connectivity index (χ3n) is 5.68. The minimum absolute atomic E-state index is 0.293. The highest BCUT2D eigenvalue weighted by molar-refractivity contribution is 5.90. The van der Waals surface area contributed by atoms with Crippen molar-refractivity contribution in [2.75, 3.05) is 5.32 Å². The molecule has 0 fully saturated rings. The van der Waals surface area contributed by atoms with E-state index in [0.717, 1.165) is 33.7 Å². The van der Waals surface area contributed by atoms with Crippen molar-refractivity contribution in [3.8, 4) is 22.8 Å². The number of fused-ring (bicyclic) bond motifs is 1. The quantitative estimate of drug-likeness (QED) is 0.238. The summed E-state index contributed by atoms with van der Waals surface area (Å²) in [5.74, 6) is 0.256. The molecular formula is C28H26FN7. The van der Waals surface area contributed by atoms with E-state index in [2.05, 4.69) is 45.9 Å². The first-order chi connectivity index (χ1) is 17.4. The predicted octanol–water partition coefficient (Wildman–Crippen LogP) is 6.30. The monoisotopic (exact) mass is 479 g/mol. The van der Waals surface area contributed by atoms with Gasteiger partial charge in [0.25, 0.3) is 0 Å². The fourth-order valence-electron chi connectivity index (χ4n) is 4.14. The van der Waals surface area contributed by atoms with Crippen molar-refractivity contribution < 1.29 is 4.39 Å². The highest BCUT2D eigenvalue weighted by Gasteiger charge is 2.19. The molecule has 0 amide bonds. The summed E-state index contributed by atoms with van der Waals surface area (Å²) in [4.78, 5) is 17.4. The van der Waals surface area contributed by atoms with Gasteiger partial charge >= 0.3 is 0 Å². The lowest BCUT2D eigenvalue weighted by molar-refractivity contribution is 0.627. The maximum atomic E-state index is 13.9. The van der Waals surface area contributed by atoms with Crippen molar-refractivity contribution >= 4 is 22.3 Å². The second-order valence-electron chi connectivity index (χ2n) is 8.81. The van der Waals surface area contributed by atoms with E-state index in [1.165, 1.54) is 12.1 Å². The van der Waals surface area contributed by atoms with E-state index in [0.29, 0.717) is 34.3 Å². The van der Waals surface area contributed by atoms with Gasteiger partial charge in [0.2, 0.25) is 0 Å². The number of benzene rings is 1. The van der Waals surface area contributed by atoms with Crippen LogP contribution in [0.4, 0.5) is 10.1 Å². The molecule has 0 spiro atoms. The molecule has 4 heterocycles. The van der Waals surface area contributed by atoms with Gasteiger partial charge in [-0.3, -0.25) is 10.1 Å². The maximum absolute atomic E-state index is 13.9. The fourth-order valence-corrected chi connectivity index (χ4v) is 4.14.